The van der Waals surface area contributed by atoms with E-state index >= 15 is 0 Å². The van der Waals surface area contributed by atoms with Crippen LogP contribution in [0.5, 0.6) is 0 Å². The summed E-state index contributed by atoms with van der Waals surface area (Å²) in [5, 5.41) is 0.786. The second-order valence-electron chi connectivity index (χ2n) is 8.98. The predicted octanol–water partition coefficient (Wildman–Crippen LogP) is 5.63. The number of amides is 1. The molecule has 1 aliphatic rings. The number of alkyl halides is 6. The second-order valence-corrected chi connectivity index (χ2v) is 9.42. The highest BCUT2D eigenvalue weighted by Gasteiger charge is 2.38. The molecule has 0 N–H and O–H groups in total. The number of hydrogen-bond donors (Lipinski definition) is 0. The second kappa shape index (κ2) is 10.2. The van der Waals surface area contributed by atoms with Crippen LogP contribution in [0, 0.1) is 0 Å². The van der Waals surface area contributed by atoms with Gasteiger partial charge in [-0.25, -0.2) is 4.98 Å². The van der Waals surface area contributed by atoms with Crippen LogP contribution in [0.25, 0.3) is 10.9 Å². The molecule has 0 radical (unpaired) electrons. The standard InChI is InChI=1S/C25H23ClF6N4O2/c1-3-36-21(33-20-5-4-18(26)13-19(20)23(36)38)14(2)34-6-8-35(9-7-34)22(37)15-10-16(24(27,28)29)12-17(11-15)25(30,31)32/h4-5,10-14H,3,6-9H2,1-2H3. The molecule has 2 aromatic carbocycles. The molecule has 1 aromatic heterocycles. The molecule has 4 rings (SSSR count). The monoisotopic (exact) mass is 560 g/mol. The Labute approximate surface area is 218 Å². The Kier molecular flexibility index (Phi) is 7.50. The Bertz CT molecular complexity index is 1400. The number of hydrogen-bond acceptors (Lipinski definition) is 4. The van der Waals surface area contributed by atoms with Gasteiger partial charge in [0.15, 0.2) is 0 Å². The van der Waals surface area contributed by atoms with Crippen LogP contribution >= 0.6 is 11.6 Å². The first-order valence-corrected chi connectivity index (χ1v) is 12.1. The lowest BCUT2D eigenvalue weighted by atomic mass is 10.0. The molecule has 0 aliphatic carbocycles. The summed E-state index contributed by atoms with van der Waals surface area (Å²) in [4.78, 5) is 33.8. The lowest BCUT2D eigenvalue weighted by Gasteiger charge is -2.38. The van der Waals surface area contributed by atoms with Gasteiger partial charge >= 0.3 is 12.4 Å². The summed E-state index contributed by atoms with van der Waals surface area (Å²) in [6.07, 6.45) is -10.1. The Morgan fingerprint density at radius 2 is 1.55 bits per heavy atom. The fourth-order valence-electron chi connectivity index (χ4n) is 4.57. The lowest BCUT2D eigenvalue weighted by Crippen LogP contribution is -2.50. The molecule has 38 heavy (non-hydrogen) atoms. The van der Waals surface area contributed by atoms with Gasteiger partial charge in [0.1, 0.15) is 5.82 Å². The third kappa shape index (κ3) is 5.51. The van der Waals surface area contributed by atoms with E-state index in [0.717, 1.165) is 0 Å². The summed E-state index contributed by atoms with van der Waals surface area (Å²) < 4.78 is 80.8. The van der Waals surface area contributed by atoms with Crippen molar-refractivity contribution >= 4 is 28.4 Å². The molecule has 1 atom stereocenters. The number of carbonyl (C=O) groups excluding carboxylic acids is 1. The van der Waals surface area contributed by atoms with Crippen LogP contribution < -0.4 is 5.56 Å². The quantitative estimate of drug-likeness (QED) is 0.388. The molecule has 3 aromatic rings. The molecule has 204 valence electrons. The highest BCUT2D eigenvalue weighted by Crippen LogP contribution is 2.36. The van der Waals surface area contributed by atoms with Crippen molar-refractivity contribution in [3.8, 4) is 0 Å². The number of piperazine rings is 1. The van der Waals surface area contributed by atoms with Crippen LogP contribution in [0.15, 0.2) is 41.2 Å². The van der Waals surface area contributed by atoms with Crippen molar-refractivity contribution in [1.29, 1.82) is 0 Å². The Morgan fingerprint density at radius 1 is 0.974 bits per heavy atom. The molecular formula is C25H23ClF6N4O2. The molecule has 1 amide bonds. The van der Waals surface area contributed by atoms with Crippen molar-refractivity contribution in [1.82, 2.24) is 19.4 Å². The van der Waals surface area contributed by atoms with Crippen LogP contribution in [-0.4, -0.2) is 51.4 Å². The maximum Gasteiger partial charge on any atom is 0.416 e. The zero-order valence-electron chi connectivity index (χ0n) is 20.3. The molecule has 13 heteroatoms. The van der Waals surface area contributed by atoms with E-state index in [1.54, 1.807) is 25.1 Å². The Hall–Kier alpha value is -3.12. The summed E-state index contributed by atoms with van der Waals surface area (Å²) in [6.45, 7) is 4.68. The lowest BCUT2D eigenvalue weighted by molar-refractivity contribution is -0.143. The van der Waals surface area contributed by atoms with Gasteiger partial charge in [0.25, 0.3) is 11.5 Å². The van der Waals surface area contributed by atoms with E-state index in [4.69, 9.17) is 11.6 Å². The van der Waals surface area contributed by atoms with Crippen LogP contribution in [0.1, 0.15) is 47.2 Å². The topological polar surface area (TPSA) is 58.4 Å². The molecule has 1 saturated heterocycles. The molecule has 6 nitrogen and oxygen atoms in total. The Morgan fingerprint density at radius 3 is 2.08 bits per heavy atom. The van der Waals surface area contributed by atoms with E-state index in [0.29, 0.717) is 40.4 Å². The minimum absolute atomic E-state index is 0.00579. The minimum Gasteiger partial charge on any atom is -0.336 e. The average Bonchev–Trinajstić information content (AvgIpc) is 2.87. The van der Waals surface area contributed by atoms with Crippen LogP contribution in [0.2, 0.25) is 5.02 Å². The number of halogens is 7. The molecular weight excluding hydrogens is 538 g/mol. The molecule has 1 aliphatic heterocycles. The maximum absolute atomic E-state index is 13.2. The van der Waals surface area contributed by atoms with E-state index in [9.17, 15) is 35.9 Å². The van der Waals surface area contributed by atoms with E-state index in [1.165, 1.54) is 9.47 Å². The molecule has 0 spiro atoms. The number of carbonyl (C=O) groups is 1. The third-order valence-electron chi connectivity index (χ3n) is 6.62. The van der Waals surface area contributed by atoms with Gasteiger partial charge in [0.2, 0.25) is 0 Å². The first-order chi connectivity index (χ1) is 17.7. The van der Waals surface area contributed by atoms with Crippen molar-refractivity contribution in [2.24, 2.45) is 0 Å². The first kappa shape index (κ1) is 27.9. The number of nitrogens with zero attached hydrogens (tertiary/aromatic N) is 4. The van der Waals surface area contributed by atoms with Crippen LogP contribution in [0.3, 0.4) is 0 Å². The van der Waals surface area contributed by atoms with Gasteiger partial charge in [-0.15, -0.1) is 0 Å². The van der Waals surface area contributed by atoms with E-state index in [2.05, 4.69) is 4.98 Å². The van der Waals surface area contributed by atoms with Gasteiger partial charge in [-0.1, -0.05) is 11.6 Å². The Balaban J connectivity index is 1.56. The molecule has 1 fully saturated rings. The summed E-state index contributed by atoms with van der Waals surface area (Å²) in [5.41, 5.74) is -3.53. The van der Waals surface area contributed by atoms with Crippen molar-refractivity contribution in [2.45, 2.75) is 38.8 Å². The number of fused-ring (bicyclic) bond motifs is 1. The van der Waals surface area contributed by atoms with E-state index in [1.807, 2.05) is 11.8 Å². The van der Waals surface area contributed by atoms with Crippen LogP contribution in [-0.2, 0) is 18.9 Å². The molecule has 1 unspecified atom stereocenters. The smallest absolute Gasteiger partial charge is 0.336 e. The van der Waals surface area contributed by atoms with Gasteiger partial charge in [0.05, 0.1) is 28.1 Å². The van der Waals surface area contributed by atoms with Gasteiger partial charge < -0.3 is 4.90 Å². The zero-order chi connectivity index (χ0) is 28.0. The average molecular weight is 561 g/mol. The third-order valence-corrected chi connectivity index (χ3v) is 6.85. The first-order valence-electron chi connectivity index (χ1n) is 11.7. The minimum atomic E-state index is -5.04. The summed E-state index contributed by atoms with van der Waals surface area (Å²) >= 11 is 6.03. The zero-order valence-corrected chi connectivity index (χ0v) is 21.1. The van der Waals surface area contributed by atoms with Crippen molar-refractivity contribution in [3.05, 3.63) is 74.3 Å². The van der Waals surface area contributed by atoms with Crippen molar-refractivity contribution in [2.75, 3.05) is 26.2 Å². The van der Waals surface area contributed by atoms with Crippen molar-refractivity contribution in [3.63, 3.8) is 0 Å². The van der Waals surface area contributed by atoms with Crippen LogP contribution in [0.4, 0.5) is 26.3 Å². The highest BCUT2D eigenvalue weighted by atomic mass is 35.5. The van der Waals surface area contributed by atoms with Gasteiger partial charge in [-0.05, 0) is 50.2 Å². The van der Waals surface area contributed by atoms with Crippen molar-refractivity contribution < 1.29 is 31.1 Å². The molecule has 0 bridgehead atoms. The summed E-state index contributed by atoms with van der Waals surface area (Å²) in [7, 11) is 0. The normalized spacial score (nSPS) is 16.2. The highest BCUT2D eigenvalue weighted by molar-refractivity contribution is 6.31. The van der Waals surface area contributed by atoms with E-state index < -0.39 is 35.0 Å². The van der Waals surface area contributed by atoms with Gasteiger partial charge in [-0.3, -0.25) is 19.1 Å². The summed E-state index contributed by atoms with van der Waals surface area (Å²) in [5.74, 6) is -0.417. The largest absolute Gasteiger partial charge is 0.416 e. The van der Waals surface area contributed by atoms with Gasteiger partial charge in [-0.2, -0.15) is 26.3 Å². The fraction of sp³-hybridized carbons (Fsp3) is 0.400. The predicted molar refractivity (Wildman–Crippen MR) is 129 cm³/mol. The number of benzene rings is 2. The maximum atomic E-state index is 13.2. The SMILES string of the molecule is CCn1c(C(C)N2CCN(C(=O)c3cc(C(F)(F)F)cc(C(F)(F)F)c3)CC2)nc2ccc(Cl)cc2c1=O. The number of aromatic nitrogens is 2. The van der Waals surface area contributed by atoms with E-state index in [-0.39, 0.29) is 43.8 Å². The molecule has 2 heterocycles. The number of rotatable bonds is 4. The molecule has 0 saturated carbocycles. The summed E-state index contributed by atoms with van der Waals surface area (Å²) in [6, 6.07) is 5.35. The van der Waals surface area contributed by atoms with Gasteiger partial charge in [0, 0.05) is 43.3 Å². The fourth-order valence-corrected chi connectivity index (χ4v) is 4.74.